The molecule has 2 atom stereocenters. The van der Waals surface area contributed by atoms with Crippen molar-refractivity contribution in [1.82, 2.24) is 10.2 Å². The number of hydrogen-bond donors (Lipinski definition) is 2. The maximum Gasteiger partial charge on any atom is 0.240 e. The predicted octanol–water partition coefficient (Wildman–Crippen LogP) is 1.10. The maximum absolute atomic E-state index is 12.4. The van der Waals surface area contributed by atoms with E-state index in [0.717, 1.165) is 45.2 Å². The normalized spacial score (nSPS) is 35.4. The Morgan fingerprint density at radius 3 is 2.61 bits per heavy atom. The molecule has 4 nitrogen and oxygen atoms in total. The molecule has 1 aliphatic heterocycles. The van der Waals surface area contributed by atoms with Crippen molar-refractivity contribution >= 4 is 5.91 Å². The van der Waals surface area contributed by atoms with Crippen LogP contribution in [0.3, 0.4) is 0 Å². The van der Waals surface area contributed by atoms with Gasteiger partial charge in [0.05, 0.1) is 5.54 Å². The van der Waals surface area contributed by atoms with Gasteiger partial charge < -0.3 is 16.0 Å². The van der Waals surface area contributed by atoms with Gasteiger partial charge in [0.1, 0.15) is 0 Å². The SMILES string of the molecule is CC1CCCC(N)(C(=O)NC2CCN(C)CC2)C1. The molecule has 2 unspecified atom stereocenters. The molecule has 2 aliphatic rings. The highest BCUT2D eigenvalue weighted by atomic mass is 16.2. The number of nitrogens with one attached hydrogen (secondary N) is 1. The van der Waals surface area contributed by atoms with Crippen molar-refractivity contribution in [2.75, 3.05) is 20.1 Å². The summed E-state index contributed by atoms with van der Waals surface area (Å²) in [7, 11) is 2.13. The van der Waals surface area contributed by atoms with E-state index in [1.165, 1.54) is 6.42 Å². The second kappa shape index (κ2) is 5.57. The van der Waals surface area contributed by atoms with E-state index in [1.54, 1.807) is 0 Å². The van der Waals surface area contributed by atoms with E-state index in [-0.39, 0.29) is 5.91 Å². The van der Waals surface area contributed by atoms with E-state index < -0.39 is 5.54 Å². The number of amides is 1. The zero-order valence-corrected chi connectivity index (χ0v) is 11.7. The summed E-state index contributed by atoms with van der Waals surface area (Å²) in [6, 6.07) is 0.325. The first-order valence-electron chi connectivity index (χ1n) is 7.28. The lowest BCUT2D eigenvalue weighted by atomic mass is 9.76. The predicted molar refractivity (Wildman–Crippen MR) is 73.2 cm³/mol. The Kier molecular flexibility index (Phi) is 4.28. The lowest BCUT2D eigenvalue weighted by Gasteiger charge is -2.37. The molecule has 3 N–H and O–H groups in total. The molecule has 1 saturated heterocycles. The van der Waals surface area contributed by atoms with Crippen molar-refractivity contribution in [2.45, 2.75) is 57.0 Å². The first-order chi connectivity index (χ1) is 8.49. The van der Waals surface area contributed by atoms with Crippen molar-refractivity contribution in [2.24, 2.45) is 11.7 Å². The highest BCUT2D eigenvalue weighted by Crippen LogP contribution is 2.30. The molecule has 0 aromatic heterocycles. The van der Waals surface area contributed by atoms with E-state index in [2.05, 4.69) is 24.2 Å². The van der Waals surface area contributed by atoms with Crippen molar-refractivity contribution < 1.29 is 4.79 Å². The third-order valence-corrected chi connectivity index (χ3v) is 4.54. The summed E-state index contributed by atoms with van der Waals surface area (Å²) in [6.07, 6.45) is 6.07. The summed E-state index contributed by atoms with van der Waals surface area (Å²) >= 11 is 0. The lowest BCUT2D eigenvalue weighted by Crippen LogP contribution is -2.59. The lowest BCUT2D eigenvalue weighted by molar-refractivity contribution is -0.129. The van der Waals surface area contributed by atoms with Crippen LogP contribution in [0.15, 0.2) is 0 Å². The minimum absolute atomic E-state index is 0.0867. The van der Waals surface area contributed by atoms with Gasteiger partial charge in [-0.2, -0.15) is 0 Å². The van der Waals surface area contributed by atoms with Gasteiger partial charge in [-0.25, -0.2) is 0 Å². The second-order valence-electron chi connectivity index (χ2n) is 6.41. The topological polar surface area (TPSA) is 58.4 Å². The summed E-state index contributed by atoms with van der Waals surface area (Å²) in [5.74, 6) is 0.663. The minimum Gasteiger partial charge on any atom is -0.352 e. The Bertz CT molecular complexity index is 299. The van der Waals surface area contributed by atoms with Gasteiger partial charge in [0, 0.05) is 6.04 Å². The van der Waals surface area contributed by atoms with Crippen LogP contribution >= 0.6 is 0 Å². The van der Waals surface area contributed by atoms with Crippen LogP contribution in [0.4, 0.5) is 0 Å². The highest BCUT2D eigenvalue weighted by molar-refractivity contribution is 5.86. The zero-order chi connectivity index (χ0) is 13.2. The second-order valence-corrected chi connectivity index (χ2v) is 6.41. The van der Waals surface area contributed by atoms with Crippen LogP contribution in [0.2, 0.25) is 0 Å². The molecule has 0 aromatic carbocycles. The zero-order valence-electron chi connectivity index (χ0n) is 11.7. The minimum atomic E-state index is -0.610. The number of piperidine rings is 1. The largest absolute Gasteiger partial charge is 0.352 e. The fourth-order valence-electron chi connectivity index (χ4n) is 3.28. The van der Waals surface area contributed by atoms with Crippen LogP contribution in [0.25, 0.3) is 0 Å². The monoisotopic (exact) mass is 253 g/mol. The maximum atomic E-state index is 12.4. The fourth-order valence-corrected chi connectivity index (χ4v) is 3.28. The third-order valence-electron chi connectivity index (χ3n) is 4.54. The highest BCUT2D eigenvalue weighted by Gasteiger charge is 2.38. The number of nitrogens with two attached hydrogens (primary N) is 1. The van der Waals surface area contributed by atoms with E-state index in [0.29, 0.717) is 12.0 Å². The van der Waals surface area contributed by atoms with Gasteiger partial charge in [-0.15, -0.1) is 0 Å². The molecule has 1 aliphatic carbocycles. The van der Waals surface area contributed by atoms with Crippen LogP contribution in [-0.4, -0.2) is 42.5 Å². The molecule has 104 valence electrons. The number of carbonyl (C=O) groups is 1. The van der Waals surface area contributed by atoms with Crippen LogP contribution in [0, 0.1) is 5.92 Å². The summed E-state index contributed by atoms with van der Waals surface area (Å²) in [4.78, 5) is 14.7. The Labute approximate surface area is 110 Å². The number of likely N-dealkylation sites (tertiary alicyclic amines) is 1. The van der Waals surface area contributed by atoms with Gasteiger partial charge in [0.2, 0.25) is 5.91 Å². The average molecular weight is 253 g/mol. The molecule has 2 rings (SSSR count). The molecule has 1 saturated carbocycles. The van der Waals surface area contributed by atoms with Crippen molar-refractivity contribution in [3.8, 4) is 0 Å². The molecular formula is C14H27N3O. The standard InChI is InChI=1S/C14H27N3O/c1-11-4-3-7-14(15,10-11)13(18)16-12-5-8-17(2)9-6-12/h11-12H,3-10,15H2,1-2H3,(H,16,18). The molecule has 4 heteroatoms. The molecule has 1 amide bonds. The quantitative estimate of drug-likeness (QED) is 0.775. The van der Waals surface area contributed by atoms with Gasteiger partial charge in [0.25, 0.3) is 0 Å². The first kappa shape index (κ1) is 13.8. The Morgan fingerprint density at radius 1 is 1.33 bits per heavy atom. The smallest absolute Gasteiger partial charge is 0.240 e. The molecule has 2 fully saturated rings. The number of rotatable bonds is 2. The Hall–Kier alpha value is -0.610. The molecule has 1 heterocycles. The van der Waals surface area contributed by atoms with Gasteiger partial charge in [-0.1, -0.05) is 19.8 Å². The fraction of sp³-hybridized carbons (Fsp3) is 0.929. The van der Waals surface area contributed by atoms with Gasteiger partial charge in [-0.05, 0) is 51.7 Å². The Balaban J connectivity index is 1.87. The molecule has 18 heavy (non-hydrogen) atoms. The van der Waals surface area contributed by atoms with Crippen molar-refractivity contribution in [1.29, 1.82) is 0 Å². The molecule has 0 aromatic rings. The van der Waals surface area contributed by atoms with E-state index in [4.69, 9.17) is 5.73 Å². The molecule has 0 bridgehead atoms. The summed E-state index contributed by atoms with van der Waals surface area (Å²) in [6.45, 7) is 4.33. The number of hydrogen-bond acceptors (Lipinski definition) is 3. The van der Waals surface area contributed by atoms with Crippen LogP contribution in [0.1, 0.15) is 45.4 Å². The molecule has 0 radical (unpaired) electrons. The Morgan fingerprint density at radius 2 is 2.00 bits per heavy atom. The summed E-state index contributed by atoms with van der Waals surface area (Å²) in [5.41, 5.74) is 5.70. The van der Waals surface area contributed by atoms with Gasteiger partial charge in [0.15, 0.2) is 0 Å². The van der Waals surface area contributed by atoms with E-state index >= 15 is 0 Å². The van der Waals surface area contributed by atoms with Crippen LogP contribution < -0.4 is 11.1 Å². The number of nitrogens with zero attached hydrogens (tertiary/aromatic N) is 1. The third kappa shape index (κ3) is 3.23. The first-order valence-corrected chi connectivity index (χ1v) is 7.28. The van der Waals surface area contributed by atoms with Crippen LogP contribution in [-0.2, 0) is 4.79 Å². The van der Waals surface area contributed by atoms with E-state index in [9.17, 15) is 4.79 Å². The van der Waals surface area contributed by atoms with Crippen LogP contribution in [0.5, 0.6) is 0 Å². The average Bonchev–Trinajstić information content (AvgIpc) is 2.32. The number of carbonyl (C=O) groups excluding carboxylic acids is 1. The van der Waals surface area contributed by atoms with Gasteiger partial charge in [-0.3, -0.25) is 4.79 Å². The van der Waals surface area contributed by atoms with Gasteiger partial charge >= 0.3 is 0 Å². The molecular weight excluding hydrogens is 226 g/mol. The molecule has 0 spiro atoms. The van der Waals surface area contributed by atoms with E-state index in [1.807, 2.05) is 0 Å². The summed E-state index contributed by atoms with van der Waals surface area (Å²) in [5, 5.41) is 3.18. The summed E-state index contributed by atoms with van der Waals surface area (Å²) < 4.78 is 0. The van der Waals surface area contributed by atoms with Crippen molar-refractivity contribution in [3.05, 3.63) is 0 Å². The van der Waals surface area contributed by atoms with Crippen molar-refractivity contribution in [3.63, 3.8) is 0 Å².